The number of aryl methyl sites for hydroxylation is 1. The van der Waals surface area contributed by atoms with Gasteiger partial charge in [0.05, 0.1) is 16.7 Å². The normalized spacial score (nSPS) is 12.5. The summed E-state index contributed by atoms with van der Waals surface area (Å²) in [5.41, 5.74) is 0.848. The molecular formula is C20H19BrF2N4O4S. The van der Waals surface area contributed by atoms with Crippen LogP contribution in [0.1, 0.15) is 22.0 Å². The molecule has 2 aromatic carbocycles. The van der Waals surface area contributed by atoms with E-state index >= 15 is 0 Å². The number of rotatable bonds is 9. The zero-order valence-electron chi connectivity index (χ0n) is 16.7. The van der Waals surface area contributed by atoms with Crippen LogP contribution in [0.3, 0.4) is 0 Å². The Labute approximate surface area is 191 Å². The zero-order valence-corrected chi connectivity index (χ0v) is 19.1. The Hall–Kier alpha value is -2.83. The Kier molecular flexibility index (Phi) is 7.59. The molecule has 3 aromatic rings. The maximum absolute atomic E-state index is 12.8. The van der Waals surface area contributed by atoms with Gasteiger partial charge in [0.2, 0.25) is 10.0 Å². The van der Waals surface area contributed by atoms with E-state index in [1.54, 1.807) is 37.4 Å². The lowest BCUT2D eigenvalue weighted by Crippen LogP contribution is -2.37. The first-order chi connectivity index (χ1) is 15.2. The second kappa shape index (κ2) is 10.2. The standard InChI is InChI=1S/C20H19BrF2N4O4S/c1-27-12-15(10-24-27)32(29,30)25-11-17(13-5-3-2-4-6-13)26-19(28)14-7-8-18(16(21)9-14)31-20(22)23/h2-10,12,17,20,25H,11H2,1H3,(H,26,28). The van der Waals surface area contributed by atoms with Gasteiger partial charge in [-0.15, -0.1) is 0 Å². The zero-order chi connectivity index (χ0) is 23.3. The van der Waals surface area contributed by atoms with Crippen molar-refractivity contribution >= 4 is 31.9 Å². The number of sulfonamides is 1. The highest BCUT2D eigenvalue weighted by molar-refractivity contribution is 9.10. The molecule has 1 heterocycles. The van der Waals surface area contributed by atoms with Crippen molar-refractivity contribution in [1.82, 2.24) is 19.8 Å². The number of ether oxygens (including phenoxy) is 1. The van der Waals surface area contributed by atoms with Gasteiger partial charge in [0.1, 0.15) is 10.6 Å². The fourth-order valence-corrected chi connectivity index (χ4v) is 4.33. The van der Waals surface area contributed by atoms with Crippen molar-refractivity contribution in [2.24, 2.45) is 7.05 Å². The van der Waals surface area contributed by atoms with Gasteiger partial charge in [-0.1, -0.05) is 30.3 Å². The second-order valence-corrected chi connectivity index (χ2v) is 9.28. The van der Waals surface area contributed by atoms with Crippen LogP contribution < -0.4 is 14.8 Å². The monoisotopic (exact) mass is 528 g/mol. The fourth-order valence-electron chi connectivity index (χ4n) is 2.83. The molecule has 0 bridgehead atoms. The van der Waals surface area contributed by atoms with Crippen molar-refractivity contribution in [3.8, 4) is 5.75 Å². The molecule has 1 unspecified atom stereocenters. The number of amides is 1. The summed E-state index contributed by atoms with van der Waals surface area (Å²) in [7, 11) is -2.25. The van der Waals surface area contributed by atoms with Gasteiger partial charge in [0, 0.05) is 25.4 Å². The average Bonchev–Trinajstić information content (AvgIpc) is 3.20. The largest absolute Gasteiger partial charge is 0.434 e. The summed E-state index contributed by atoms with van der Waals surface area (Å²) >= 11 is 3.10. The van der Waals surface area contributed by atoms with E-state index in [1.807, 2.05) is 0 Å². The first-order valence-electron chi connectivity index (χ1n) is 9.24. The maximum atomic E-state index is 12.8. The van der Waals surface area contributed by atoms with Crippen molar-refractivity contribution in [3.63, 3.8) is 0 Å². The minimum Gasteiger partial charge on any atom is -0.434 e. The molecule has 2 N–H and O–H groups in total. The summed E-state index contributed by atoms with van der Waals surface area (Å²) in [4.78, 5) is 12.8. The van der Waals surface area contributed by atoms with Gasteiger partial charge in [-0.05, 0) is 39.7 Å². The van der Waals surface area contributed by atoms with Crippen LogP contribution >= 0.6 is 15.9 Å². The van der Waals surface area contributed by atoms with Crippen molar-refractivity contribution in [2.45, 2.75) is 17.5 Å². The SMILES string of the molecule is Cn1cc(S(=O)(=O)NCC(NC(=O)c2ccc(OC(F)F)c(Br)c2)c2ccccc2)cn1. The first-order valence-corrected chi connectivity index (χ1v) is 11.5. The highest BCUT2D eigenvalue weighted by Gasteiger charge is 2.22. The molecule has 0 saturated carbocycles. The molecule has 0 fully saturated rings. The Morgan fingerprint density at radius 1 is 1.22 bits per heavy atom. The highest BCUT2D eigenvalue weighted by Crippen LogP contribution is 2.27. The van der Waals surface area contributed by atoms with Gasteiger partial charge in [0.25, 0.3) is 5.91 Å². The summed E-state index contributed by atoms with van der Waals surface area (Å²) in [6.45, 7) is -3.12. The topological polar surface area (TPSA) is 102 Å². The lowest BCUT2D eigenvalue weighted by molar-refractivity contribution is -0.0503. The van der Waals surface area contributed by atoms with Gasteiger partial charge < -0.3 is 10.1 Å². The predicted molar refractivity (Wildman–Crippen MR) is 116 cm³/mol. The lowest BCUT2D eigenvalue weighted by atomic mass is 10.1. The molecule has 0 saturated heterocycles. The number of nitrogens with zero attached hydrogens (tertiary/aromatic N) is 2. The molecule has 0 aliphatic carbocycles. The molecule has 32 heavy (non-hydrogen) atoms. The number of nitrogens with one attached hydrogen (secondary N) is 2. The number of carbonyl (C=O) groups excluding carboxylic acids is 1. The van der Waals surface area contributed by atoms with Crippen molar-refractivity contribution in [3.05, 3.63) is 76.5 Å². The second-order valence-electron chi connectivity index (χ2n) is 6.66. The van der Waals surface area contributed by atoms with Crippen LogP contribution in [0.5, 0.6) is 5.75 Å². The van der Waals surface area contributed by atoms with Gasteiger partial charge in [-0.25, -0.2) is 13.1 Å². The summed E-state index contributed by atoms with van der Waals surface area (Å²) in [6.07, 6.45) is 2.58. The van der Waals surface area contributed by atoms with E-state index in [2.05, 4.69) is 35.8 Å². The van der Waals surface area contributed by atoms with Crippen molar-refractivity contribution < 1.29 is 26.7 Å². The van der Waals surface area contributed by atoms with E-state index in [0.29, 0.717) is 5.56 Å². The number of halogens is 3. The summed E-state index contributed by atoms with van der Waals surface area (Å²) in [5, 5.41) is 6.63. The van der Waals surface area contributed by atoms with Gasteiger partial charge in [0.15, 0.2) is 0 Å². The van der Waals surface area contributed by atoms with Crippen molar-refractivity contribution in [2.75, 3.05) is 6.54 Å². The molecule has 0 radical (unpaired) electrons. The fraction of sp³-hybridized carbons (Fsp3) is 0.200. The van der Waals surface area contributed by atoms with Crippen LogP contribution in [0, 0.1) is 0 Å². The van der Waals surface area contributed by atoms with Crippen LogP contribution in [0.25, 0.3) is 0 Å². The van der Waals surface area contributed by atoms with Crippen LogP contribution in [0.2, 0.25) is 0 Å². The third-order valence-electron chi connectivity index (χ3n) is 4.39. The maximum Gasteiger partial charge on any atom is 0.387 e. The van der Waals surface area contributed by atoms with E-state index in [0.717, 1.165) is 0 Å². The van der Waals surface area contributed by atoms with E-state index in [9.17, 15) is 22.0 Å². The van der Waals surface area contributed by atoms with Gasteiger partial charge >= 0.3 is 6.61 Å². The van der Waals surface area contributed by atoms with Crippen LogP contribution in [0.15, 0.2) is 70.3 Å². The molecule has 12 heteroatoms. The third kappa shape index (κ3) is 6.11. The smallest absolute Gasteiger partial charge is 0.387 e. The van der Waals surface area contributed by atoms with E-state index < -0.39 is 28.6 Å². The number of aromatic nitrogens is 2. The third-order valence-corrected chi connectivity index (χ3v) is 6.38. The lowest BCUT2D eigenvalue weighted by Gasteiger charge is -2.20. The summed E-state index contributed by atoms with van der Waals surface area (Å²) in [5.74, 6) is -0.635. The highest BCUT2D eigenvalue weighted by atomic mass is 79.9. The minimum absolute atomic E-state index is 0.00307. The Morgan fingerprint density at radius 2 is 1.94 bits per heavy atom. The Balaban J connectivity index is 1.78. The molecule has 0 spiro atoms. The first kappa shape index (κ1) is 23.8. The Bertz CT molecular complexity index is 1190. The molecule has 1 atom stereocenters. The van der Waals surface area contributed by atoms with Crippen LogP contribution in [0.4, 0.5) is 8.78 Å². The minimum atomic E-state index is -3.85. The van der Waals surface area contributed by atoms with Crippen LogP contribution in [-0.2, 0) is 17.1 Å². The molecule has 170 valence electrons. The quantitative estimate of drug-likeness (QED) is 0.443. The molecule has 3 rings (SSSR count). The van der Waals surface area contributed by atoms with Crippen molar-refractivity contribution in [1.29, 1.82) is 0 Å². The molecule has 8 nitrogen and oxygen atoms in total. The van der Waals surface area contributed by atoms with E-state index in [4.69, 9.17) is 0 Å². The molecular weight excluding hydrogens is 510 g/mol. The molecule has 0 aliphatic heterocycles. The van der Waals surface area contributed by atoms with E-state index in [1.165, 1.54) is 35.3 Å². The predicted octanol–water partition coefficient (Wildman–Crippen LogP) is 3.23. The Morgan fingerprint density at radius 3 is 2.53 bits per heavy atom. The van der Waals surface area contributed by atoms with Crippen LogP contribution in [-0.4, -0.2) is 37.3 Å². The average molecular weight is 529 g/mol. The summed E-state index contributed by atoms with van der Waals surface area (Å²) in [6, 6.07) is 12.0. The number of alkyl halides is 2. The molecule has 0 aliphatic rings. The molecule has 1 amide bonds. The number of hydrogen-bond acceptors (Lipinski definition) is 5. The number of carbonyl (C=O) groups is 1. The number of hydrogen-bond donors (Lipinski definition) is 2. The van der Waals surface area contributed by atoms with Gasteiger partial charge in [-0.2, -0.15) is 13.9 Å². The van der Waals surface area contributed by atoms with Gasteiger partial charge in [-0.3, -0.25) is 9.48 Å². The molecule has 1 aromatic heterocycles. The van der Waals surface area contributed by atoms with E-state index in [-0.39, 0.29) is 27.2 Å². The number of benzene rings is 2. The summed E-state index contributed by atoms with van der Waals surface area (Å²) < 4.78 is 58.4.